The molecule has 6 rings (SSSR count). The number of pyridine rings is 1. The van der Waals surface area contributed by atoms with Gasteiger partial charge in [-0.25, -0.2) is 0 Å². The van der Waals surface area contributed by atoms with Crippen molar-refractivity contribution in [3.05, 3.63) is 102 Å². The summed E-state index contributed by atoms with van der Waals surface area (Å²) in [6.45, 7) is 10.4. The monoisotopic (exact) mass is 517 g/mol. The zero-order valence-corrected chi connectivity index (χ0v) is 22.4. The molecule has 0 aliphatic heterocycles. The minimum Gasteiger partial charge on any atom is -0.359 e. The molecule has 6 heteroatoms. The van der Waals surface area contributed by atoms with Gasteiger partial charge in [-0.05, 0) is 89.6 Å². The minimum atomic E-state index is 0.545. The van der Waals surface area contributed by atoms with Crippen LogP contribution in [0.25, 0.3) is 49.9 Å². The van der Waals surface area contributed by atoms with Crippen molar-refractivity contribution in [2.75, 3.05) is 0 Å². The van der Waals surface area contributed by atoms with Crippen molar-refractivity contribution in [1.29, 1.82) is 0 Å². The third-order valence-electron chi connectivity index (χ3n) is 7.52. The maximum absolute atomic E-state index is 4.69. The Morgan fingerprint density at radius 3 is 2.74 bits per heavy atom. The summed E-state index contributed by atoms with van der Waals surface area (Å²) in [5, 5.41) is 17.9. The number of nitrogens with one attached hydrogen (secondary N) is 3. The van der Waals surface area contributed by atoms with Gasteiger partial charge in [-0.3, -0.25) is 10.1 Å². The second-order valence-electron chi connectivity index (χ2n) is 9.86. The molecule has 0 atom stereocenters. The number of hydrogen-bond acceptors (Lipinski definition) is 4. The molecule has 0 spiro atoms. The quantitative estimate of drug-likeness (QED) is 0.181. The topological polar surface area (TPSA) is 69.4 Å². The van der Waals surface area contributed by atoms with Crippen LogP contribution in [0.2, 0.25) is 0 Å². The van der Waals surface area contributed by atoms with E-state index in [2.05, 4.69) is 93.7 Å². The molecule has 0 bridgehead atoms. The molecule has 1 saturated carbocycles. The number of nitrogens with zero attached hydrogens (tertiary/aromatic N) is 2. The molecule has 5 aromatic rings. The van der Waals surface area contributed by atoms with Gasteiger partial charge < -0.3 is 10.3 Å². The molecule has 3 N–H and O–H groups in total. The van der Waals surface area contributed by atoms with E-state index in [-0.39, 0.29) is 0 Å². The molecule has 1 aliphatic rings. The van der Waals surface area contributed by atoms with Crippen LogP contribution in [-0.4, -0.2) is 20.2 Å². The molecular weight excluding hydrogens is 486 g/mol. The van der Waals surface area contributed by atoms with Crippen molar-refractivity contribution in [2.24, 2.45) is 5.92 Å². The second-order valence-corrected chi connectivity index (χ2v) is 10.6. The summed E-state index contributed by atoms with van der Waals surface area (Å²) in [6.07, 6.45) is 15.0. The summed E-state index contributed by atoms with van der Waals surface area (Å²) in [4.78, 5) is 8.01. The average molecular weight is 518 g/mol. The Balaban J connectivity index is 1.35. The first-order chi connectivity index (χ1) is 18.6. The molecule has 0 unspecified atom stereocenters. The van der Waals surface area contributed by atoms with Crippen molar-refractivity contribution in [1.82, 2.24) is 25.5 Å². The maximum Gasteiger partial charge on any atom is 0.116 e. The SMILES string of the molecule is C=C/C(=C\C(=C/C)c1ccc2[nH]nc(-c3cc4c(-c5ccsc5)cncc4[nH]3)c2c1)NC(=C)C1CCCC1. The molecular formula is C32H31N5S. The van der Waals surface area contributed by atoms with Crippen LogP contribution in [0.5, 0.6) is 0 Å². The van der Waals surface area contributed by atoms with Crippen LogP contribution >= 0.6 is 11.3 Å². The second kappa shape index (κ2) is 10.3. The number of aromatic amines is 2. The number of benzene rings is 1. The third-order valence-corrected chi connectivity index (χ3v) is 8.21. The first kappa shape index (κ1) is 24.2. The van der Waals surface area contributed by atoms with Crippen molar-refractivity contribution >= 4 is 38.7 Å². The fourth-order valence-electron chi connectivity index (χ4n) is 5.43. The van der Waals surface area contributed by atoms with Crippen molar-refractivity contribution in [2.45, 2.75) is 32.6 Å². The van der Waals surface area contributed by atoms with Gasteiger partial charge in [0.05, 0.1) is 22.9 Å². The zero-order chi connectivity index (χ0) is 26.1. The number of thiophene rings is 1. The fourth-order valence-corrected chi connectivity index (χ4v) is 6.09. The van der Waals surface area contributed by atoms with Crippen molar-refractivity contribution in [3.63, 3.8) is 0 Å². The van der Waals surface area contributed by atoms with Gasteiger partial charge in [0, 0.05) is 33.9 Å². The number of fused-ring (bicyclic) bond motifs is 2. The van der Waals surface area contributed by atoms with E-state index in [1.54, 1.807) is 11.3 Å². The van der Waals surface area contributed by atoms with Gasteiger partial charge in [-0.2, -0.15) is 16.4 Å². The predicted octanol–water partition coefficient (Wildman–Crippen LogP) is 8.60. The van der Waals surface area contributed by atoms with E-state index in [0.717, 1.165) is 61.3 Å². The van der Waals surface area contributed by atoms with Crippen LogP contribution in [0.1, 0.15) is 38.2 Å². The summed E-state index contributed by atoms with van der Waals surface area (Å²) >= 11 is 1.69. The Kier molecular flexibility index (Phi) is 6.56. The smallest absolute Gasteiger partial charge is 0.116 e. The number of hydrogen-bond donors (Lipinski definition) is 3. The van der Waals surface area contributed by atoms with Gasteiger partial charge in [0.15, 0.2) is 0 Å². The first-order valence-corrected chi connectivity index (χ1v) is 14.0. The van der Waals surface area contributed by atoms with E-state index in [1.165, 1.54) is 31.2 Å². The van der Waals surface area contributed by atoms with Gasteiger partial charge in [0.25, 0.3) is 0 Å². The van der Waals surface area contributed by atoms with Crippen LogP contribution in [0.3, 0.4) is 0 Å². The Morgan fingerprint density at radius 1 is 1.11 bits per heavy atom. The molecule has 38 heavy (non-hydrogen) atoms. The van der Waals surface area contributed by atoms with Crippen LogP contribution < -0.4 is 5.32 Å². The third kappa shape index (κ3) is 4.52. The highest BCUT2D eigenvalue weighted by molar-refractivity contribution is 7.08. The largest absolute Gasteiger partial charge is 0.359 e. The summed E-state index contributed by atoms with van der Waals surface area (Å²) < 4.78 is 0. The molecule has 1 aromatic carbocycles. The van der Waals surface area contributed by atoms with Crippen LogP contribution in [0.4, 0.5) is 0 Å². The average Bonchev–Trinajstić information content (AvgIpc) is 3.75. The summed E-state index contributed by atoms with van der Waals surface area (Å²) in [5.41, 5.74) is 10.4. The molecule has 0 saturated heterocycles. The number of rotatable bonds is 8. The molecule has 1 aliphatic carbocycles. The standard InChI is InChI=1S/C32H31N5S/c1-4-21(14-25(5-2)34-20(3)22-8-6-7-9-22)23-10-11-29-27(15-23)32(37-36-29)30-16-26-28(24-12-13-38-19-24)17-33-18-31(26)35-30/h4-5,10-19,22,34-35H,2-3,6-9H2,1H3,(H,36,37)/b21-4+,25-14+. The minimum absolute atomic E-state index is 0.545. The molecule has 5 nitrogen and oxygen atoms in total. The maximum atomic E-state index is 4.69. The first-order valence-electron chi connectivity index (χ1n) is 13.1. The molecule has 190 valence electrons. The van der Waals surface area contributed by atoms with E-state index < -0.39 is 0 Å². The van der Waals surface area contributed by atoms with E-state index >= 15 is 0 Å². The highest BCUT2D eigenvalue weighted by atomic mass is 32.1. The number of H-pyrrole nitrogens is 2. The predicted molar refractivity (Wildman–Crippen MR) is 161 cm³/mol. The van der Waals surface area contributed by atoms with Crippen LogP contribution in [0.15, 0.2) is 96.3 Å². The highest BCUT2D eigenvalue weighted by Gasteiger charge is 2.18. The fraction of sp³-hybridized carbons (Fsp3) is 0.188. The van der Waals surface area contributed by atoms with E-state index in [9.17, 15) is 0 Å². The Hall–Kier alpha value is -4.16. The lowest BCUT2D eigenvalue weighted by molar-refractivity contribution is 0.607. The van der Waals surface area contributed by atoms with Gasteiger partial charge >= 0.3 is 0 Å². The van der Waals surface area contributed by atoms with E-state index in [1.807, 2.05) is 18.5 Å². The van der Waals surface area contributed by atoms with Gasteiger partial charge in [0.1, 0.15) is 5.69 Å². The van der Waals surface area contributed by atoms with E-state index in [0.29, 0.717) is 5.92 Å². The van der Waals surface area contributed by atoms with Crippen molar-refractivity contribution < 1.29 is 0 Å². The molecule has 4 aromatic heterocycles. The molecule has 0 amide bonds. The number of allylic oxidation sites excluding steroid dienone is 5. The summed E-state index contributed by atoms with van der Waals surface area (Å²) in [5.74, 6) is 0.545. The summed E-state index contributed by atoms with van der Waals surface area (Å²) in [6, 6.07) is 10.7. The Labute approximate surface area is 226 Å². The molecule has 0 radical (unpaired) electrons. The van der Waals surface area contributed by atoms with Crippen LogP contribution in [0, 0.1) is 5.92 Å². The highest BCUT2D eigenvalue weighted by Crippen LogP contribution is 2.35. The number of aromatic nitrogens is 4. The van der Waals surface area contributed by atoms with E-state index in [4.69, 9.17) is 5.10 Å². The van der Waals surface area contributed by atoms with Gasteiger partial charge in [-0.1, -0.05) is 38.1 Å². The molecule has 1 fully saturated rings. The lowest BCUT2D eigenvalue weighted by atomic mass is 10.0. The Bertz CT molecular complexity index is 1690. The lowest BCUT2D eigenvalue weighted by Crippen LogP contribution is -2.16. The lowest BCUT2D eigenvalue weighted by Gasteiger charge is -2.17. The van der Waals surface area contributed by atoms with Crippen LogP contribution in [-0.2, 0) is 0 Å². The summed E-state index contributed by atoms with van der Waals surface area (Å²) in [7, 11) is 0. The normalized spacial score (nSPS) is 15.0. The Morgan fingerprint density at radius 2 is 1.97 bits per heavy atom. The molecule has 4 heterocycles. The van der Waals surface area contributed by atoms with Gasteiger partial charge in [-0.15, -0.1) is 0 Å². The van der Waals surface area contributed by atoms with Gasteiger partial charge in [0.2, 0.25) is 0 Å². The zero-order valence-electron chi connectivity index (χ0n) is 21.6. The van der Waals surface area contributed by atoms with Crippen molar-refractivity contribution in [3.8, 4) is 22.5 Å².